The number of hydrogen-bond donors (Lipinski definition) is 0. The third kappa shape index (κ3) is 3.94. The summed E-state index contributed by atoms with van der Waals surface area (Å²) < 4.78 is 10.6. The summed E-state index contributed by atoms with van der Waals surface area (Å²) in [4.78, 5) is 26.4. The Hall–Kier alpha value is -3.34. The minimum absolute atomic E-state index is 0.201. The van der Waals surface area contributed by atoms with Crippen LogP contribution in [0, 0.1) is 0 Å². The van der Waals surface area contributed by atoms with Crippen LogP contribution in [0.15, 0.2) is 66.7 Å². The third-order valence-electron chi connectivity index (χ3n) is 5.35. The van der Waals surface area contributed by atoms with Gasteiger partial charge in [0.05, 0.1) is 13.2 Å². The molecule has 0 spiro atoms. The number of imide groups is 1. The van der Waals surface area contributed by atoms with E-state index in [2.05, 4.69) is 0 Å². The van der Waals surface area contributed by atoms with Gasteiger partial charge in [-0.05, 0) is 35.4 Å². The van der Waals surface area contributed by atoms with Gasteiger partial charge >= 0.3 is 6.09 Å². The second-order valence-electron chi connectivity index (χ2n) is 7.16. The number of methoxy groups -OCH3 is 1. The zero-order chi connectivity index (χ0) is 20.2. The summed E-state index contributed by atoms with van der Waals surface area (Å²) in [5.74, 6) is 0.607. The lowest BCUT2D eigenvalue weighted by atomic mass is 9.99. The maximum Gasteiger partial charge on any atom is 0.416 e. The van der Waals surface area contributed by atoms with Crippen LogP contribution in [-0.2, 0) is 22.4 Å². The molecule has 0 bridgehead atoms. The predicted molar refractivity (Wildman–Crippen MR) is 111 cm³/mol. The van der Waals surface area contributed by atoms with Crippen LogP contribution in [0.5, 0.6) is 5.75 Å². The van der Waals surface area contributed by atoms with Gasteiger partial charge in [-0.3, -0.25) is 4.79 Å². The molecule has 5 nitrogen and oxygen atoms in total. The van der Waals surface area contributed by atoms with Crippen molar-refractivity contribution in [3.63, 3.8) is 0 Å². The number of rotatable bonds is 6. The van der Waals surface area contributed by atoms with Crippen LogP contribution >= 0.6 is 0 Å². The number of aryl methyl sites for hydroxylation is 1. The minimum Gasteiger partial charge on any atom is -0.496 e. The van der Waals surface area contributed by atoms with Gasteiger partial charge in [-0.2, -0.15) is 0 Å². The molecule has 3 aromatic carbocycles. The van der Waals surface area contributed by atoms with Crippen molar-refractivity contribution in [2.24, 2.45) is 0 Å². The first-order valence-corrected chi connectivity index (χ1v) is 9.74. The van der Waals surface area contributed by atoms with Gasteiger partial charge in [-0.25, -0.2) is 9.69 Å². The zero-order valence-corrected chi connectivity index (χ0v) is 16.3. The molecule has 29 heavy (non-hydrogen) atoms. The zero-order valence-electron chi connectivity index (χ0n) is 16.3. The average Bonchev–Trinajstić information content (AvgIpc) is 3.12. The predicted octanol–water partition coefficient (Wildman–Crippen LogP) is 4.37. The molecule has 4 rings (SSSR count). The van der Waals surface area contributed by atoms with Crippen LogP contribution in [0.4, 0.5) is 4.79 Å². The summed E-state index contributed by atoms with van der Waals surface area (Å²) >= 11 is 0. The highest BCUT2D eigenvalue weighted by Gasteiger charge is 2.37. The molecule has 0 radical (unpaired) electrons. The Labute approximate surface area is 169 Å². The summed E-state index contributed by atoms with van der Waals surface area (Å²) in [7, 11) is 1.65. The van der Waals surface area contributed by atoms with E-state index in [1.807, 2.05) is 66.7 Å². The molecule has 1 aliphatic heterocycles. The molecule has 5 heteroatoms. The number of hydrogen-bond acceptors (Lipinski definition) is 4. The second-order valence-corrected chi connectivity index (χ2v) is 7.16. The highest BCUT2D eigenvalue weighted by Crippen LogP contribution is 2.29. The fraction of sp³-hybridized carbons (Fsp3) is 0.250. The summed E-state index contributed by atoms with van der Waals surface area (Å²) in [6.07, 6.45) is 0.849. The Morgan fingerprint density at radius 2 is 1.76 bits per heavy atom. The molecule has 148 valence electrons. The topological polar surface area (TPSA) is 55.8 Å². The molecule has 3 aromatic rings. The number of nitrogens with zero attached hydrogens (tertiary/aromatic N) is 1. The molecule has 1 aliphatic rings. The fourth-order valence-corrected chi connectivity index (χ4v) is 3.89. The Bertz CT molecular complexity index is 1030. The molecular formula is C24H23NO4. The highest BCUT2D eigenvalue weighted by molar-refractivity contribution is 5.95. The van der Waals surface area contributed by atoms with Crippen molar-refractivity contribution in [1.82, 2.24) is 4.90 Å². The molecule has 1 saturated heterocycles. The van der Waals surface area contributed by atoms with Crippen molar-refractivity contribution in [2.75, 3.05) is 13.7 Å². The van der Waals surface area contributed by atoms with Gasteiger partial charge in [-0.1, -0.05) is 60.7 Å². The highest BCUT2D eigenvalue weighted by atomic mass is 16.6. The third-order valence-corrected chi connectivity index (χ3v) is 5.35. The number of carbonyl (C=O) groups excluding carboxylic acids is 2. The molecule has 0 unspecified atom stereocenters. The second kappa shape index (κ2) is 8.35. The first-order valence-electron chi connectivity index (χ1n) is 9.74. The number of ether oxygens (including phenoxy) is 2. The van der Waals surface area contributed by atoms with Gasteiger partial charge in [0.1, 0.15) is 12.4 Å². The average molecular weight is 389 g/mol. The summed E-state index contributed by atoms with van der Waals surface area (Å²) in [5.41, 5.74) is 2.14. The minimum atomic E-state index is -0.546. The van der Waals surface area contributed by atoms with Gasteiger partial charge in [0.25, 0.3) is 0 Å². The van der Waals surface area contributed by atoms with E-state index in [1.54, 1.807) is 7.11 Å². The molecule has 1 heterocycles. The van der Waals surface area contributed by atoms with Crippen molar-refractivity contribution in [1.29, 1.82) is 0 Å². The lowest BCUT2D eigenvalue weighted by molar-refractivity contribution is -0.129. The molecule has 1 fully saturated rings. The Morgan fingerprint density at radius 1 is 1.03 bits per heavy atom. The standard InChI is InChI=1S/C24H23NO4/c1-28-22-13-11-18(20-9-5-6-10-21(20)22)12-14-23(26)25-19(16-29-24(25)27)15-17-7-3-2-4-8-17/h2-11,13,19H,12,14-16H2,1H3/t19-/m0/s1. The van der Waals surface area contributed by atoms with Crippen LogP contribution in [0.1, 0.15) is 17.5 Å². The van der Waals surface area contributed by atoms with Crippen molar-refractivity contribution >= 4 is 22.8 Å². The summed E-state index contributed by atoms with van der Waals surface area (Å²) in [6, 6.07) is 21.5. The maximum atomic E-state index is 12.9. The SMILES string of the molecule is COc1ccc(CCC(=O)N2C(=O)OC[C@@H]2Cc2ccccc2)c2ccccc12. The van der Waals surface area contributed by atoms with E-state index < -0.39 is 6.09 Å². The molecule has 0 aliphatic carbocycles. The molecule has 0 saturated carbocycles. The number of carbonyl (C=O) groups is 2. The molecule has 0 aromatic heterocycles. The Kier molecular flexibility index (Phi) is 5.47. The lowest BCUT2D eigenvalue weighted by Gasteiger charge is -2.20. The Morgan fingerprint density at radius 3 is 2.52 bits per heavy atom. The van der Waals surface area contributed by atoms with Gasteiger partial charge in [0.2, 0.25) is 5.91 Å². The first-order chi connectivity index (χ1) is 14.2. The van der Waals surface area contributed by atoms with E-state index in [1.165, 1.54) is 4.90 Å². The first kappa shape index (κ1) is 19.0. The largest absolute Gasteiger partial charge is 0.496 e. The quantitative estimate of drug-likeness (QED) is 0.628. The number of cyclic esters (lactones) is 1. The van der Waals surface area contributed by atoms with Crippen LogP contribution in [0.25, 0.3) is 10.8 Å². The van der Waals surface area contributed by atoms with Gasteiger partial charge in [0.15, 0.2) is 0 Å². The van der Waals surface area contributed by atoms with E-state index in [9.17, 15) is 9.59 Å². The normalized spacial score (nSPS) is 16.1. The lowest BCUT2D eigenvalue weighted by Crippen LogP contribution is -2.40. The maximum absolute atomic E-state index is 12.9. The molecular weight excluding hydrogens is 366 g/mol. The molecule has 0 N–H and O–H groups in total. The number of fused-ring (bicyclic) bond motifs is 1. The van der Waals surface area contributed by atoms with Crippen LogP contribution < -0.4 is 4.74 Å². The molecule has 2 amide bonds. The number of amides is 2. The Balaban J connectivity index is 1.49. The molecule has 1 atom stereocenters. The van der Waals surface area contributed by atoms with Crippen LogP contribution in [0.3, 0.4) is 0 Å². The van der Waals surface area contributed by atoms with Crippen molar-refractivity contribution < 1.29 is 19.1 Å². The van der Waals surface area contributed by atoms with Crippen LogP contribution in [0.2, 0.25) is 0 Å². The van der Waals surface area contributed by atoms with Gasteiger partial charge in [0, 0.05) is 11.8 Å². The summed E-state index contributed by atoms with van der Waals surface area (Å²) in [5, 5.41) is 2.08. The van der Waals surface area contributed by atoms with Crippen LogP contribution in [-0.4, -0.2) is 36.7 Å². The van der Waals surface area contributed by atoms with E-state index in [0.717, 1.165) is 27.6 Å². The van der Waals surface area contributed by atoms with E-state index in [4.69, 9.17) is 9.47 Å². The fourth-order valence-electron chi connectivity index (χ4n) is 3.89. The summed E-state index contributed by atoms with van der Waals surface area (Å²) in [6.45, 7) is 0.241. The van der Waals surface area contributed by atoms with Gasteiger partial charge < -0.3 is 9.47 Å². The van der Waals surface area contributed by atoms with E-state index in [-0.39, 0.29) is 25.0 Å². The number of benzene rings is 3. The van der Waals surface area contributed by atoms with Crippen molar-refractivity contribution in [2.45, 2.75) is 25.3 Å². The monoisotopic (exact) mass is 389 g/mol. The van der Waals surface area contributed by atoms with Gasteiger partial charge in [-0.15, -0.1) is 0 Å². The van der Waals surface area contributed by atoms with E-state index >= 15 is 0 Å². The van der Waals surface area contributed by atoms with Crippen molar-refractivity contribution in [3.8, 4) is 5.75 Å². The van der Waals surface area contributed by atoms with Crippen molar-refractivity contribution in [3.05, 3.63) is 77.9 Å². The van der Waals surface area contributed by atoms with E-state index in [0.29, 0.717) is 12.8 Å². The smallest absolute Gasteiger partial charge is 0.416 e.